The van der Waals surface area contributed by atoms with Crippen LogP contribution in [0.4, 0.5) is 4.39 Å². The van der Waals surface area contributed by atoms with Gasteiger partial charge in [0.15, 0.2) is 5.82 Å². The summed E-state index contributed by atoms with van der Waals surface area (Å²) in [4.78, 5) is 9.86. The van der Waals surface area contributed by atoms with Gasteiger partial charge in [-0.05, 0) is 29.3 Å². The molecule has 0 bridgehead atoms. The Morgan fingerprint density at radius 1 is 0.378 bits per heavy atom. The van der Waals surface area contributed by atoms with Crippen molar-refractivity contribution in [1.82, 2.24) is 9.97 Å². The van der Waals surface area contributed by atoms with Gasteiger partial charge >= 0.3 is 0 Å². The van der Waals surface area contributed by atoms with E-state index in [4.69, 9.17) is 9.97 Å². The van der Waals surface area contributed by atoms with Gasteiger partial charge in [0.1, 0.15) is 5.82 Å². The van der Waals surface area contributed by atoms with Gasteiger partial charge < -0.3 is 0 Å². The third-order valence-corrected chi connectivity index (χ3v) is 6.37. The van der Waals surface area contributed by atoms with Crippen molar-refractivity contribution >= 4 is 0 Å². The Hall–Kier alpha value is -4.89. The molecule has 0 saturated heterocycles. The lowest BCUT2D eigenvalue weighted by Crippen LogP contribution is -1.98. The van der Waals surface area contributed by atoms with Crippen LogP contribution < -0.4 is 0 Å². The van der Waals surface area contributed by atoms with E-state index in [1.54, 1.807) is 0 Å². The molecule has 37 heavy (non-hydrogen) atoms. The van der Waals surface area contributed by atoms with Crippen molar-refractivity contribution in [3.8, 4) is 56.2 Å². The Morgan fingerprint density at radius 2 is 0.757 bits per heavy atom. The third-order valence-electron chi connectivity index (χ3n) is 6.37. The predicted molar refractivity (Wildman–Crippen MR) is 149 cm³/mol. The van der Waals surface area contributed by atoms with Crippen LogP contribution in [0.2, 0.25) is 0 Å². The lowest BCUT2D eigenvalue weighted by molar-refractivity contribution is 0.635. The number of nitrogens with zero attached hydrogens (tertiary/aromatic N) is 2. The highest BCUT2D eigenvalue weighted by atomic mass is 19.1. The highest BCUT2D eigenvalue weighted by molar-refractivity contribution is 5.82. The van der Waals surface area contributed by atoms with E-state index in [1.807, 2.05) is 140 Å². The van der Waals surface area contributed by atoms with Gasteiger partial charge in [-0.1, -0.05) is 121 Å². The number of hydrogen-bond acceptors (Lipinski definition) is 2. The molecule has 0 N–H and O–H groups in total. The molecule has 1 aromatic heterocycles. The zero-order chi connectivity index (χ0) is 25.0. The maximum Gasteiger partial charge on any atom is 0.160 e. The molecule has 0 radical (unpaired) electrons. The van der Waals surface area contributed by atoms with Crippen LogP contribution in [0.15, 0.2) is 140 Å². The fourth-order valence-electron chi connectivity index (χ4n) is 4.50. The summed E-state index contributed by atoms with van der Waals surface area (Å²) in [5, 5.41) is 0. The van der Waals surface area contributed by atoms with E-state index in [0.717, 1.165) is 39.2 Å². The summed E-state index contributed by atoms with van der Waals surface area (Å²) in [6, 6.07) is 45.1. The molecule has 0 atom stereocenters. The molecule has 2 nitrogen and oxygen atoms in total. The summed E-state index contributed by atoms with van der Waals surface area (Å²) in [5.41, 5.74) is 7.02. The molecule has 0 unspecified atom stereocenters. The van der Waals surface area contributed by atoms with Crippen LogP contribution in [0, 0.1) is 5.82 Å². The van der Waals surface area contributed by atoms with Gasteiger partial charge in [0, 0.05) is 27.8 Å². The smallest absolute Gasteiger partial charge is 0.160 e. The first kappa shape index (κ1) is 22.6. The number of rotatable bonds is 5. The van der Waals surface area contributed by atoms with Gasteiger partial charge in [-0.25, -0.2) is 14.4 Å². The summed E-state index contributed by atoms with van der Waals surface area (Å²) in [6.45, 7) is 0. The average Bonchev–Trinajstić information content (AvgIpc) is 2.99. The molecule has 0 fully saturated rings. The molecule has 0 amide bonds. The van der Waals surface area contributed by atoms with Gasteiger partial charge in [0.05, 0.1) is 11.4 Å². The first-order valence-electron chi connectivity index (χ1n) is 12.2. The Kier molecular flexibility index (Phi) is 6.10. The van der Waals surface area contributed by atoms with Crippen molar-refractivity contribution in [2.45, 2.75) is 0 Å². The fourth-order valence-corrected chi connectivity index (χ4v) is 4.50. The van der Waals surface area contributed by atoms with Gasteiger partial charge in [-0.3, -0.25) is 0 Å². The first-order chi connectivity index (χ1) is 18.3. The molecule has 0 aliphatic heterocycles. The summed E-state index contributed by atoms with van der Waals surface area (Å²) in [6.07, 6.45) is 0. The van der Waals surface area contributed by atoms with Gasteiger partial charge in [0.25, 0.3) is 0 Å². The van der Waals surface area contributed by atoms with E-state index < -0.39 is 0 Å². The Labute approximate surface area is 215 Å². The molecule has 176 valence electrons. The third kappa shape index (κ3) is 4.67. The van der Waals surface area contributed by atoms with Crippen LogP contribution in [0.5, 0.6) is 0 Å². The second kappa shape index (κ2) is 10.00. The Bertz CT molecular complexity index is 1530. The largest absolute Gasteiger partial charge is 0.228 e. The summed E-state index contributed by atoms with van der Waals surface area (Å²) in [7, 11) is 0. The van der Waals surface area contributed by atoms with Crippen molar-refractivity contribution in [3.63, 3.8) is 0 Å². The lowest BCUT2D eigenvalue weighted by atomic mass is 9.93. The van der Waals surface area contributed by atoms with Crippen molar-refractivity contribution < 1.29 is 4.39 Å². The maximum atomic E-state index is 16.0. The van der Waals surface area contributed by atoms with Crippen LogP contribution in [0.25, 0.3) is 56.2 Å². The second-order valence-corrected chi connectivity index (χ2v) is 8.81. The lowest BCUT2D eigenvalue weighted by Gasteiger charge is -2.14. The number of halogens is 1. The minimum atomic E-state index is -0.248. The van der Waals surface area contributed by atoms with Crippen LogP contribution >= 0.6 is 0 Å². The van der Waals surface area contributed by atoms with Gasteiger partial charge in [-0.15, -0.1) is 0 Å². The molecular weight excluding hydrogens is 455 g/mol. The molecule has 6 rings (SSSR count). The topological polar surface area (TPSA) is 25.8 Å². The van der Waals surface area contributed by atoms with Crippen LogP contribution in [0.3, 0.4) is 0 Å². The van der Waals surface area contributed by atoms with Crippen LogP contribution in [0.1, 0.15) is 0 Å². The van der Waals surface area contributed by atoms with Crippen molar-refractivity contribution in [3.05, 3.63) is 145 Å². The SMILES string of the molecule is Fc1c(-c2ccccc2)cc(-c2cc(-c3ccccc3)nc(-c3ccccc3)n2)cc1-c1ccccc1. The fraction of sp³-hybridized carbons (Fsp3) is 0. The monoisotopic (exact) mass is 478 g/mol. The minimum Gasteiger partial charge on any atom is -0.228 e. The van der Waals surface area contributed by atoms with E-state index in [1.165, 1.54) is 0 Å². The van der Waals surface area contributed by atoms with Gasteiger partial charge in [-0.2, -0.15) is 0 Å². The van der Waals surface area contributed by atoms with E-state index in [2.05, 4.69) is 0 Å². The molecule has 3 heteroatoms. The second-order valence-electron chi connectivity index (χ2n) is 8.81. The molecule has 5 aromatic carbocycles. The molecule has 0 aliphatic rings. The Balaban J connectivity index is 1.61. The Morgan fingerprint density at radius 3 is 1.22 bits per heavy atom. The quantitative estimate of drug-likeness (QED) is 0.247. The number of benzene rings is 5. The van der Waals surface area contributed by atoms with E-state index in [9.17, 15) is 0 Å². The molecule has 0 aliphatic carbocycles. The molecule has 0 spiro atoms. The zero-order valence-corrected chi connectivity index (χ0v) is 20.1. The number of aromatic nitrogens is 2. The van der Waals surface area contributed by atoms with Crippen molar-refractivity contribution in [2.24, 2.45) is 0 Å². The summed E-state index contributed by atoms with van der Waals surface area (Å²) >= 11 is 0. The summed E-state index contributed by atoms with van der Waals surface area (Å²) in [5.74, 6) is 0.380. The summed E-state index contributed by atoms with van der Waals surface area (Å²) < 4.78 is 16.0. The van der Waals surface area contributed by atoms with Crippen molar-refractivity contribution in [2.75, 3.05) is 0 Å². The molecular formula is C34H23FN2. The van der Waals surface area contributed by atoms with Gasteiger partial charge in [0.2, 0.25) is 0 Å². The average molecular weight is 479 g/mol. The van der Waals surface area contributed by atoms with Crippen LogP contribution in [-0.4, -0.2) is 9.97 Å². The van der Waals surface area contributed by atoms with Crippen molar-refractivity contribution in [1.29, 1.82) is 0 Å². The normalized spacial score (nSPS) is 10.8. The number of hydrogen-bond donors (Lipinski definition) is 0. The predicted octanol–water partition coefficient (Wildman–Crippen LogP) is 8.95. The van der Waals surface area contributed by atoms with E-state index in [-0.39, 0.29) is 5.82 Å². The molecule has 1 heterocycles. The highest BCUT2D eigenvalue weighted by Gasteiger charge is 2.17. The standard InChI is InChI=1S/C34H23FN2/c35-33-29(24-13-5-1-6-14-24)21-28(22-30(33)25-15-7-2-8-16-25)32-23-31(26-17-9-3-10-18-26)36-34(37-32)27-19-11-4-12-20-27/h1-23H. The zero-order valence-electron chi connectivity index (χ0n) is 20.1. The van der Waals surface area contributed by atoms with Crippen LogP contribution in [-0.2, 0) is 0 Å². The maximum absolute atomic E-state index is 16.0. The van der Waals surface area contributed by atoms with E-state index in [0.29, 0.717) is 17.0 Å². The molecule has 0 saturated carbocycles. The molecule has 6 aromatic rings. The minimum absolute atomic E-state index is 0.248. The first-order valence-corrected chi connectivity index (χ1v) is 12.2. The van der Waals surface area contributed by atoms with E-state index >= 15 is 4.39 Å². The highest BCUT2D eigenvalue weighted by Crippen LogP contribution is 2.37.